The second-order valence-electron chi connectivity index (χ2n) is 6.35. The van der Waals surface area contributed by atoms with Crippen LogP contribution in [0, 0.1) is 20.8 Å². The van der Waals surface area contributed by atoms with Crippen LogP contribution in [0.5, 0.6) is 0 Å². The van der Waals surface area contributed by atoms with Crippen molar-refractivity contribution in [1.82, 2.24) is 20.0 Å². The Morgan fingerprint density at radius 2 is 1.69 bits per heavy atom. The number of aryl methyl sites for hydroxylation is 3. The summed E-state index contributed by atoms with van der Waals surface area (Å²) < 4.78 is 1.83. The summed E-state index contributed by atoms with van der Waals surface area (Å²) in [6, 6.07) is 15.9. The zero-order chi connectivity index (χ0) is 18.3. The van der Waals surface area contributed by atoms with Gasteiger partial charge in [-0.05, 0) is 44.5 Å². The minimum Gasteiger partial charge on any atom is -0.338 e. The third-order valence-electron chi connectivity index (χ3n) is 4.31. The maximum absolute atomic E-state index is 6.24. The molecule has 0 atom stereocenters. The molecule has 5 nitrogen and oxygen atoms in total. The molecule has 0 aliphatic rings. The molecule has 130 valence electrons. The highest BCUT2D eigenvalue weighted by Gasteiger charge is 2.13. The standard InChI is InChI=1S/C20H18ClN5/c1-12-8-9-15(11-18(12)21)22-19-16-6-4-5-7-17(16)20(24-23-19)26-14(3)10-13(2)25-26/h4-11H,1-3H3,(H,22,23). The number of fused-ring (bicyclic) bond motifs is 1. The molecule has 0 bridgehead atoms. The fraction of sp³-hybridized carbons (Fsp3) is 0.150. The number of halogens is 1. The van der Waals surface area contributed by atoms with Gasteiger partial charge in [0.25, 0.3) is 0 Å². The molecule has 0 unspecified atom stereocenters. The number of nitrogens with zero attached hydrogens (tertiary/aromatic N) is 4. The van der Waals surface area contributed by atoms with Crippen molar-refractivity contribution < 1.29 is 0 Å². The Kier molecular flexibility index (Phi) is 4.09. The lowest BCUT2D eigenvalue weighted by atomic mass is 10.1. The monoisotopic (exact) mass is 363 g/mol. The summed E-state index contributed by atoms with van der Waals surface area (Å²) in [5, 5.41) is 19.4. The summed E-state index contributed by atoms with van der Waals surface area (Å²) in [4.78, 5) is 0. The van der Waals surface area contributed by atoms with E-state index in [0.717, 1.165) is 39.2 Å². The molecular weight excluding hydrogens is 346 g/mol. The first-order valence-electron chi connectivity index (χ1n) is 8.35. The third-order valence-corrected chi connectivity index (χ3v) is 4.72. The van der Waals surface area contributed by atoms with Gasteiger partial charge in [-0.25, -0.2) is 4.68 Å². The van der Waals surface area contributed by atoms with Crippen LogP contribution in [0.2, 0.25) is 5.02 Å². The minimum atomic E-state index is 0.686. The van der Waals surface area contributed by atoms with E-state index in [4.69, 9.17) is 11.6 Å². The minimum absolute atomic E-state index is 0.686. The van der Waals surface area contributed by atoms with E-state index in [0.29, 0.717) is 10.8 Å². The number of benzene rings is 2. The molecule has 4 aromatic rings. The first kappa shape index (κ1) is 16.5. The number of aromatic nitrogens is 4. The van der Waals surface area contributed by atoms with E-state index in [9.17, 15) is 0 Å². The average molecular weight is 364 g/mol. The summed E-state index contributed by atoms with van der Waals surface area (Å²) in [7, 11) is 0. The van der Waals surface area contributed by atoms with Gasteiger partial charge in [0, 0.05) is 27.2 Å². The number of anilines is 2. The lowest BCUT2D eigenvalue weighted by Crippen LogP contribution is -2.06. The normalized spacial score (nSPS) is 11.1. The van der Waals surface area contributed by atoms with Crippen molar-refractivity contribution in [2.45, 2.75) is 20.8 Å². The van der Waals surface area contributed by atoms with Crippen LogP contribution in [0.1, 0.15) is 17.0 Å². The third kappa shape index (κ3) is 2.91. The summed E-state index contributed by atoms with van der Waals surface area (Å²) in [5.74, 6) is 1.41. The van der Waals surface area contributed by atoms with Crippen molar-refractivity contribution in [3.8, 4) is 5.82 Å². The molecule has 6 heteroatoms. The Balaban J connectivity index is 1.84. The Morgan fingerprint density at radius 1 is 0.923 bits per heavy atom. The predicted molar refractivity (Wildman–Crippen MR) is 106 cm³/mol. The molecule has 2 aromatic carbocycles. The number of nitrogens with one attached hydrogen (secondary N) is 1. The van der Waals surface area contributed by atoms with Crippen LogP contribution < -0.4 is 5.32 Å². The van der Waals surface area contributed by atoms with Gasteiger partial charge in [-0.2, -0.15) is 5.10 Å². The van der Waals surface area contributed by atoms with E-state index in [1.54, 1.807) is 0 Å². The topological polar surface area (TPSA) is 55.6 Å². The summed E-state index contributed by atoms with van der Waals surface area (Å²) in [6.07, 6.45) is 0. The number of rotatable bonds is 3. The summed E-state index contributed by atoms with van der Waals surface area (Å²) in [5.41, 5.74) is 3.88. The molecule has 0 saturated carbocycles. The fourth-order valence-electron chi connectivity index (χ4n) is 2.99. The van der Waals surface area contributed by atoms with E-state index in [-0.39, 0.29) is 0 Å². The molecule has 0 aliphatic heterocycles. The summed E-state index contributed by atoms with van der Waals surface area (Å²) in [6.45, 7) is 5.96. The second-order valence-corrected chi connectivity index (χ2v) is 6.75. The van der Waals surface area contributed by atoms with Crippen molar-refractivity contribution in [1.29, 1.82) is 0 Å². The molecule has 0 aliphatic carbocycles. The van der Waals surface area contributed by atoms with E-state index in [1.807, 2.05) is 74.0 Å². The van der Waals surface area contributed by atoms with Crippen molar-refractivity contribution in [2.75, 3.05) is 5.32 Å². The first-order chi connectivity index (χ1) is 12.5. The Hall–Kier alpha value is -2.92. The van der Waals surface area contributed by atoms with Crippen LogP contribution >= 0.6 is 11.6 Å². The molecular formula is C20H18ClN5. The van der Waals surface area contributed by atoms with Gasteiger partial charge in [-0.15, -0.1) is 10.2 Å². The second kappa shape index (κ2) is 6.42. The van der Waals surface area contributed by atoms with Crippen LogP contribution in [-0.2, 0) is 0 Å². The highest BCUT2D eigenvalue weighted by atomic mass is 35.5. The lowest BCUT2D eigenvalue weighted by Gasteiger charge is -2.12. The quantitative estimate of drug-likeness (QED) is 0.547. The van der Waals surface area contributed by atoms with Crippen LogP contribution in [0.3, 0.4) is 0 Å². The lowest BCUT2D eigenvalue weighted by molar-refractivity contribution is 0.792. The molecule has 0 amide bonds. The molecule has 2 aromatic heterocycles. The Labute approximate surface area is 156 Å². The molecule has 0 radical (unpaired) electrons. The van der Waals surface area contributed by atoms with Gasteiger partial charge in [-0.3, -0.25) is 0 Å². The molecule has 2 heterocycles. The number of hydrogen-bond donors (Lipinski definition) is 1. The zero-order valence-corrected chi connectivity index (χ0v) is 15.5. The van der Waals surface area contributed by atoms with Crippen LogP contribution in [0.4, 0.5) is 11.5 Å². The van der Waals surface area contributed by atoms with E-state index in [2.05, 4.69) is 20.6 Å². The first-order valence-corrected chi connectivity index (χ1v) is 8.73. The molecule has 4 rings (SSSR count). The van der Waals surface area contributed by atoms with E-state index >= 15 is 0 Å². The maximum Gasteiger partial charge on any atom is 0.183 e. The summed E-state index contributed by atoms with van der Waals surface area (Å²) >= 11 is 6.24. The van der Waals surface area contributed by atoms with Gasteiger partial charge in [0.2, 0.25) is 0 Å². The van der Waals surface area contributed by atoms with Crippen molar-refractivity contribution >= 4 is 33.9 Å². The Bertz CT molecular complexity index is 1120. The van der Waals surface area contributed by atoms with E-state index < -0.39 is 0 Å². The highest BCUT2D eigenvalue weighted by molar-refractivity contribution is 6.31. The highest BCUT2D eigenvalue weighted by Crippen LogP contribution is 2.29. The largest absolute Gasteiger partial charge is 0.338 e. The van der Waals surface area contributed by atoms with Gasteiger partial charge >= 0.3 is 0 Å². The smallest absolute Gasteiger partial charge is 0.183 e. The molecule has 0 fully saturated rings. The molecule has 0 saturated heterocycles. The van der Waals surface area contributed by atoms with Gasteiger partial charge in [0.05, 0.1) is 5.69 Å². The zero-order valence-electron chi connectivity index (χ0n) is 14.8. The van der Waals surface area contributed by atoms with Crippen molar-refractivity contribution in [3.05, 3.63) is 70.5 Å². The van der Waals surface area contributed by atoms with Gasteiger partial charge < -0.3 is 5.32 Å². The Morgan fingerprint density at radius 3 is 2.38 bits per heavy atom. The predicted octanol–water partition coefficient (Wildman–Crippen LogP) is 5.14. The molecule has 1 N–H and O–H groups in total. The van der Waals surface area contributed by atoms with Gasteiger partial charge in [0.15, 0.2) is 11.6 Å². The molecule has 26 heavy (non-hydrogen) atoms. The van der Waals surface area contributed by atoms with Crippen LogP contribution in [0.25, 0.3) is 16.6 Å². The fourth-order valence-corrected chi connectivity index (χ4v) is 3.17. The number of hydrogen-bond acceptors (Lipinski definition) is 4. The van der Waals surface area contributed by atoms with Gasteiger partial charge in [0.1, 0.15) is 0 Å². The maximum atomic E-state index is 6.24. The molecule has 0 spiro atoms. The van der Waals surface area contributed by atoms with Gasteiger partial charge in [-0.1, -0.05) is 41.9 Å². The van der Waals surface area contributed by atoms with Crippen LogP contribution in [-0.4, -0.2) is 20.0 Å². The average Bonchev–Trinajstić information content (AvgIpc) is 2.96. The SMILES string of the molecule is Cc1cc(C)n(-c2nnc(Nc3ccc(C)c(Cl)c3)c3ccccc23)n1. The van der Waals surface area contributed by atoms with E-state index in [1.165, 1.54) is 0 Å². The van der Waals surface area contributed by atoms with Crippen molar-refractivity contribution in [3.63, 3.8) is 0 Å². The van der Waals surface area contributed by atoms with Crippen LogP contribution in [0.15, 0.2) is 48.5 Å². The van der Waals surface area contributed by atoms with Crippen molar-refractivity contribution in [2.24, 2.45) is 0 Å².